The van der Waals surface area contributed by atoms with E-state index < -0.39 is 0 Å². The number of hydrogen-bond donors (Lipinski definition) is 1. The van der Waals surface area contributed by atoms with Crippen molar-refractivity contribution in [3.63, 3.8) is 0 Å². The summed E-state index contributed by atoms with van der Waals surface area (Å²) in [6, 6.07) is 7.75. The number of nitrogens with two attached hydrogens (primary N) is 1. The SMILES string of the molecule is CCC(=O)c1cccc(C(C)CN)c1. The molecule has 1 atom stereocenters. The summed E-state index contributed by atoms with van der Waals surface area (Å²) in [6.07, 6.45) is 0.556. The molecule has 0 aromatic heterocycles. The van der Waals surface area contributed by atoms with Crippen molar-refractivity contribution < 1.29 is 4.79 Å². The van der Waals surface area contributed by atoms with Gasteiger partial charge in [0.2, 0.25) is 0 Å². The molecule has 1 aromatic rings. The monoisotopic (exact) mass is 191 g/mol. The number of ketones is 1. The number of hydrogen-bond acceptors (Lipinski definition) is 2. The molecule has 0 aliphatic carbocycles. The van der Waals surface area contributed by atoms with Crippen LogP contribution in [0.25, 0.3) is 0 Å². The lowest BCUT2D eigenvalue weighted by molar-refractivity contribution is 0.0988. The molecule has 0 amide bonds. The Morgan fingerprint density at radius 3 is 2.79 bits per heavy atom. The first-order valence-corrected chi connectivity index (χ1v) is 5.02. The molecule has 0 spiro atoms. The van der Waals surface area contributed by atoms with E-state index in [0.717, 1.165) is 11.1 Å². The van der Waals surface area contributed by atoms with Crippen LogP contribution in [-0.4, -0.2) is 12.3 Å². The Hall–Kier alpha value is -1.15. The summed E-state index contributed by atoms with van der Waals surface area (Å²) in [5, 5.41) is 0. The Bertz CT molecular complexity index is 320. The van der Waals surface area contributed by atoms with Crippen molar-refractivity contribution in [2.24, 2.45) is 5.73 Å². The third-order valence-electron chi connectivity index (χ3n) is 2.45. The molecular weight excluding hydrogens is 174 g/mol. The fourth-order valence-corrected chi connectivity index (χ4v) is 1.36. The van der Waals surface area contributed by atoms with Crippen molar-refractivity contribution in [2.75, 3.05) is 6.54 Å². The largest absolute Gasteiger partial charge is 0.330 e. The van der Waals surface area contributed by atoms with Gasteiger partial charge in [-0.1, -0.05) is 32.0 Å². The Kier molecular flexibility index (Phi) is 3.84. The van der Waals surface area contributed by atoms with Gasteiger partial charge >= 0.3 is 0 Å². The molecule has 0 fully saturated rings. The molecule has 1 unspecified atom stereocenters. The first-order valence-electron chi connectivity index (χ1n) is 5.02. The molecule has 14 heavy (non-hydrogen) atoms. The molecule has 0 heterocycles. The normalized spacial score (nSPS) is 12.5. The van der Waals surface area contributed by atoms with Gasteiger partial charge in [0.25, 0.3) is 0 Å². The van der Waals surface area contributed by atoms with Crippen LogP contribution in [0.2, 0.25) is 0 Å². The first kappa shape index (κ1) is 10.9. The van der Waals surface area contributed by atoms with Crippen LogP contribution in [0.1, 0.15) is 42.1 Å². The van der Waals surface area contributed by atoms with Gasteiger partial charge in [-0.05, 0) is 24.1 Å². The average molecular weight is 191 g/mol. The third-order valence-corrected chi connectivity index (χ3v) is 2.45. The van der Waals surface area contributed by atoms with Crippen LogP contribution >= 0.6 is 0 Å². The van der Waals surface area contributed by atoms with Crippen molar-refractivity contribution in [3.8, 4) is 0 Å². The Labute approximate surface area is 85.1 Å². The zero-order valence-electron chi connectivity index (χ0n) is 8.79. The van der Waals surface area contributed by atoms with Gasteiger partial charge in [0.05, 0.1) is 0 Å². The molecule has 2 N–H and O–H groups in total. The Morgan fingerprint density at radius 1 is 1.50 bits per heavy atom. The summed E-state index contributed by atoms with van der Waals surface area (Å²) in [7, 11) is 0. The molecule has 76 valence electrons. The lowest BCUT2D eigenvalue weighted by atomic mass is 9.97. The molecule has 1 aromatic carbocycles. The van der Waals surface area contributed by atoms with Gasteiger partial charge in [0.15, 0.2) is 5.78 Å². The van der Waals surface area contributed by atoms with E-state index in [0.29, 0.717) is 18.9 Å². The van der Waals surface area contributed by atoms with E-state index in [2.05, 4.69) is 6.92 Å². The maximum Gasteiger partial charge on any atom is 0.162 e. The number of rotatable bonds is 4. The molecule has 0 aliphatic heterocycles. The quantitative estimate of drug-likeness (QED) is 0.742. The summed E-state index contributed by atoms with van der Waals surface area (Å²) in [5.41, 5.74) is 7.52. The van der Waals surface area contributed by atoms with Crippen LogP contribution in [0.15, 0.2) is 24.3 Å². The van der Waals surface area contributed by atoms with Gasteiger partial charge in [-0.25, -0.2) is 0 Å². The zero-order valence-corrected chi connectivity index (χ0v) is 8.79. The van der Waals surface area contributed by atoms with Gasteiger partial charge in [0, 0.05) is 12.0 Å². The highest BCUT2D eigenvalue weighted by Crippen LogP contribution is 2.16. The first-order chi connectivity index (χ1) is 6.69. The molecule has 0 radical (unpaired) electrons. The lowest BCUT2D eigenvalue weighted by Crippen LogP contribution is -2.09. The van der Waals surface area contributed by atoms with Crippen molar-refractivity contribution in [1.29, 1.82) is 0 Å². The van der Waals surface area contributed by atoms with E-state index in [4.69, 9.17) is 5.73 Å². The minimum Gasteiger partial charge on any atom is -0.330 e. The van der Waals surface area contributed by atoms with Gasteiger partial charge in [-0.2, -0.15) is 0 Å². The molecule has 0 saturated heterocycles. The minimum atomic E-state index is 0.191. The van der Waals surface area contributed by atoms with Gasteiger partial charge < -0.3 is 5.73 Å². The summed E-state index contributed by atoms with van der Waals surface area (Å²) >= 11 is 0. The smallest absolute Gasteiger partial charge is 0.162 e. The lowest BCUT2D eigenvalue weighted by Gasteiger charge is -2.09. The van der Waals surface area contributed by atoms with Crippen LogP contribution < -0.4 is 5.73 Å². The predicted octanol–water partition coefficient (Wildman–Crippen LogP) is 2.34. The maximum absolute atomic E-state index is 11.4. The van der Waals surface area contributed by atoms with Crippen molar-refractivity contribution in [1.82, 2.24) is 0 Å². The highest BCUT2D eigenvalue weighted by molar-refractivity contribution is 5.95. The second-order valence-corrected chi connectivity index (χ2v) is 3.54. The standard InChI is InChI=1S/C12H17NO/c1-3-12(14)11-6-4-5-10(7-11)9(2)8-13/h4-7,9H,3,8,13H2,1-2H3. The molecule has 0 aliphatic rings. The molecule has 2 heteroatoms. The van der Waals surface area contributed by atoms with Crippen molar-refractivity contribution >= 4 is 5.78 Å². The number of carbonyl (C=O) groups excluding carboxylic acids is 1. The van der Waals surface area contributed by atoms with E-state index in [-0.39, 0.29) is 5.78 Å². The van der Waals surface area contributed by atoms with E-state index in [1.54, 1.807) is 0 Å². The average Bonchev–Trinajstić information content (AvgIpc) is 2.27. The zero-order chi connectivity index (χ0) is 10.6. The number of carbonyl (C=O) groups is 1. The van der Waals surface area contributed by atoms with E-state index >= 15 is 0 Å². The number of benzene rings is 1. The second-order valence-electron chi connectivity index (χ2n) is 3.54. The highest BCUT2D eigenvalue weighted by atomic mass is 16.1. The van der Waals surface area contributed by atoms with Crippen LogP contribution in [-0.2, 0) is 0 Å². The maximum atomic E-state index is 11.4. The van der Waals surface area contributed by atoms with Gasteiger partial charge in [0.1, 0.15) is 0 Å². The summed E-state index contributed by atoms with van der Waals surface area (Å²) in [5.74, 6) is 0.510. The molecule has 0 saturated carbocycles. The molecule has 1 rings (SSSR count). The fraction of sp³-hybridized carbons (Fsp3) is 0.417. The van der Waals surface area contributed by atoms with E-state index in [1.807, 2.05) is 31.2 Å². The van der Waals surface area contributed by atoms with Crippen LogP contribution in [0.4, 0.5) is 0 Å². The highest BCUT2D eigenvalue weighted by Gasteiger charge is 2.07. The van der Waals surface area contributed by atoms with E-state index in [1.165, 1.54) is 0 Å². The summed E-state index contributed by atoms with van der Waals surface area (Å²) < 4.78 is 0. The molecule has 0 bridgehead atoms. The summed E-state index contributed by atoms with van der Waals surface area (Å²) in [4.78, 5) is 11.4. The molecular formula is C12H17NO. The third kappa shape index (κ3) is 2.42. The minimum absolute atomic E-state index is 0.191. The van der Waals surface area contributed by atoms with Crippen molar-refractivity contribution in [3.05, 3.63) is 35.4 Å². The fourth-order valence-electron chi connectivity index (χ4n) is 1.36. The second kappa shape index (κ2) is 4.91. The predicted molar refractivity (Wildman–Crippen MR) is 58.5 cm³/mol. The number of Topliss-reactive ketones (excluding diaryl/α,β-unsaturated/α-hetero) is 1. The summed E-state index contributed by atoms with van der Waals surface area (Å²) in [6.45, 7) is 4.56. The topological polar surface area (TPSA) is 43.1 Å². The van der Waals surface area contributed by atoms with Crippen LogP contribution in [0.3, 0.4) is 0 Å². The van der Waals surface area contributed by atoms with Gasteiger partial charge in [-0.3, -0.25) is 4.79 Å². The Morgan fingerprint density at radius 2 is 2.21 bits per heavy atom. The van der Waals surface area contributed by atoms with Crippen LogP contribution in [0, 0.1) is 0 Å². The van der Waals surface area contributed by atoms with Crippen molar-refractivity contribution in [2.45, 2.75) is 26.2 Å². The van der Waals surface area contributed by atoms with Gasteiger partial charge in [-0.15, -0.1) is 0 Å². The van der Waals surface area contributed by atoms with Crippen LogP contribution in [0.5, 0.6) is 0 Å². The van der Waals surface area contributed by atoms with E-state index in [9.17, 15) is 4.79 Å². The molecule has 2 nitrogen and oxygen atoms in total. The Balaban J connectivity index is 2.95.